The molecule has 2 aliphatic heterocycles. The number of para-hydroxylation sites is 2. The zero-order valence-electron chi connectivity index (χ0n) is 34.2. The van der Waals surface area contributed by atoms with Crippen molar-refractivity contribution in [3.8, 4) is 0 Å². The van der Waals surface area contributed by atoms with Gasteiger partial charge in [-0.25, -0.2) is 0 Å². The van der Waals surface area contributed by atoms with Gasteiger partial charge >= 0.3 is 0 Å². The van der Waals surface area contributed by atoms with E-state index in [-0.39, 0.29) is 47.5 Å². The van der Waals surface area contributed by atoms with E-state index in [1.54, 1.807) is 0 Å². The van der Waals surface area contributed by atoms with E-state index in [4.69, 9.17) is 2.80 Å². The van der Waals surface area contributed by atoms with Gasteiger partial charge in [0.25, 0.3) is 0 Å². The maximum atomic E-state index is 9.87. The van der Waals surface area contributed by atoms with E-state index in [9.17, 15) is 5.11 Å². The summed E-state index contributed by atoms with van der Waals surface area (Å²) in [5.74, 6) is 0. The van der Waals surface area contributed by atoms with Crippen LogP contribution in [0.25, 0.3) is 43.6 Å². The molecule has 2 atom stereocenters. The first-order valence-corrected chi connectivity index (χ1v) is 18.6. The van der Waals surface area contributed by atoms with E-state index in [0.29, 0.717) is 13.3 Å². The number of allylic oxidation sites excluding steroid dienone is 5. The van der Waals surface area contributed by atoms with Crippen LogP contribution in [0.3, 0.4) is 0 Å². The molecule has 278 valence electrons. The second-order valence-electron chi connectivity index (χ2n) is 15.4. The lowest BCUT2D eigenvalue weighted by Crippen LogP contribution is -3.10. The van der Waals surface area contributed by atoms with Crippen molar-refractivity contribution in [3.05, 3.63) is 120 Å². The topological polar surface area (TPSA) is 58.0 Å². The highest BCUT2D eigenvalue weighted by Gasteiger charge is 2.49. The third-order valence-electron chi connectivity index (χ3n) is 11.9. The molecule has 6 aromatic rings. The zero-order chi connectivity index (χ0) is 38.4. The van der Waals surface area contributed by atoms with Crippen LogP contribution in [0.2, 0.25) is 0 Å². The molecule has 6 nitrogen and oxygen atoms in total. The van der Waals surface area contributed by atoms with Crippen LogP contribution in [-0.4, -0.2) is 53.6 Å². The predicted octanol–water partition coefficient (Wildman–Crippen LogP) is 5.35. The average Bonchev–Trinajstić information content (AvgIpc) is 3.77. The molecule has 0 bridgehead atoms. The fraction of sp³-hybridized carbons (Fsp3) is 0.348. The quantitative estimate of drug-likeness (QED) is 0.144. The molecule has 4 heterocycles. The summed E-state index contributed by atoms with van der Waals surface area (Å²) in [6, 6.07) is 27.0. The van der Waals surface area contributed by atoms with E-state index in [0.717, 1.165) is 19.5 Å². The number of quaternary nitrogens is 1. The van der Waals surface area contributed by atoms with Gasteiger partial charge in [0.2, 0.25) is 1.43 Å². The maximum absolute atomic E-state index is 9.87. The number of aryl methyl sites for hydroxylation is 2. The number of hydrogen-bond donors (Lipinski definition) is 3. The van der Waals surface area contributed by atoms with Crippen molar-refractivity contribution < 1.29 is 40.5 Å². The van der Waals surface area contributed by atoms with Gasteiger partial charge in [0.15, 0.2) is 0 Å². The Hall–Kier alpha value is -3.89. The minimum absolute atomic E-state index is 0. The summed E-state index contributed by atoms with van der Waals surface area (Å²) >= 11 is 0. The predicted molar refractivity (Wildman–Crippen MR) is 220 cm³/mol. The molecule has 0 saturated carbocycles. The molecule has 8 rings (SSSR count). The summed E-state index contributed by atoms with van der Waals surface area (Å²) in [5, 5.41) is 18.7. The molecular weight excluding hydrogens is 767 g/mol. The third kappa shape index (κ3) is 5.95. The first-order valence-electron chi connectivity index (χ1n) is 19.8. The van der Waals surface area contributed by atoms with Crippen molar-refractivity contribution in [1.29, 1.82) is 1.43 Å². The minimum atomic E-state index is -0.224. The van der Waals surface area contributed by atoms with Crippen LogP contribution in [0.4, 0.5) is 11.4 Å². The zero-order valence-corrected chi connectivity index (χ0v) is 34.4. The number of aliphatic hydroxyl groups excluding tert-OH is 2. The number of aromatic nitrogens is 2. The van der Waals surface area contributed by atoms with Gasteiger partial charge < -0.3 is 48.2 Å². The Kier molecular flexibility index (Phi) is 10.3. The van der Waals surface area contributed by atoms with E-state index in [2.05, 4.69) is 164 Å². The van der Waals surface area contributed by atoms with Crippen LogP contribution in [0.15, 0.2) is 109 Å². The van der Waals surface area contributed by atoms with Gasteiger partial charge in [0.05, 0.1) is 12.0 Å². The summed E-state index contributed by atoms with van der Waals surface area (Å²) in [6.45, 7) is 11.8. The Morgan fingerprint density at radius 3 is 2.06 bits per heavy atom. The summed E-state index contributed by atoms with van der Waals surface area (Å²) in [5.41, 5.74) is 11.4. The van der Waals surface area contributed by atoms with Gasteiger partial charge in [0, 0.05) is 108 Å². The molecule has 2 aromatic heterocycles. The molecule has 4 aromatic carbocycles. The van der Waals surface area contributed by atoms with Gasteiger partial charge in [-0.3, -0.25) is 4.90 Å². The van der Waals surface area contributed by atoms with Gasteiger partial charge in [-0.2, -0.15) is 0 Å². The van der Waals surface area contributed by atoms with Crippen molar-refractivity contribution in [3.63, 3.8) is 0 Å². The minimum Gasteiger partial charge on any atom is -1.00 e. The summed E-state index contributed by atoms with van der Waals surface area (Å²) in [7, 11) is 5.64. The lowest BCUT2D eigenvalue weighted by Gasteiger charge is -2.27. The SMILES string of the molecule is [2H]OC.[3H]CCC[NH+]1c2ccc3c(c2C(C)(C)C1/C=C/C=C/C=C1/N(CCCO)c2ccc4c(c2C1(C)C)c1ccccc1n4C)c1ccccc1n3C.[I-]. The number of halogens is 1. The summed E-state index contributed by atoms with van der Waals surface area (Å²) in [6.07, 6.45) is 12.9. The van der Waals surface area contributed by atoms with Crippen LogP contribution < -0.4 is 33.8 Å². The number of nitrogens with one attached hydrogen (secondary N) is 1. The molecule has 0 saturated heterocycles. The van der Waals surface area contributed by atoms with Gasteiger partial charge in [-0.05, 0) is 74.7 Å². The molecule has 7 heteroatoms. The fourth-order valence-electron chi connectivity index (χ4n) is 9.63. The van der Waals surface area contributed by atoms with Crippen LogP contribution in [0.1, 0.15) is 59.9 Å². The number of fused-ring (bicyclic) bond motifs is 10. The highest BCUT2D eigenvalue weighted by atomic mass is 127. The standard InChI is InChI=1S/C45H50N4O.CH4O.HI/c1-8-27-48-36-25-23-34-40(30-17-12-14-19-32(30)46(34)6)42(36)44(2,3)38(48)21-10-9-11-22-39-45(4,5)43-37(49(39)28-16-29-50)26-24-35-41(43)31-18-13-15-20-33(31)47(35)7;1-2;/h9-15,17-26,38,50H,8,16,27-29H2,1-7H3;2H,1H3;1H/b11-9+,21-10+,39-22+;;/i1T;2D;. The van der Waals surface area contributed by atoms with Crippen molar-refractivity contribution in [2.75, 3.05) is 31.7 Å². The summed E-state index contributed by atoms with van der Waals surface area (Å²) in [4.78, 5) is 3.89. The number of anilines is 1. The first kappa shape index (κ1) is 36.1. The van der Waals surface area contributed by atoms with E-state index in [1.807, 2.05) is 0 Å². The molecule has 0 spiro atoms. The Labute approximate surface area is 334 Å². The Balaban J connectivity index is 0.00000125. The molecule has 0 radical (unpaired) electrons. The van der Waals surface area contributed by atoms with Gasteiger partial charge in [-0.1, -0.05) is 75.4 Å². The maximum Gasteiger partial charge on any atom is 0.210 e. The van der Waals surface area contributed by atoms with Crippen molar-refractivity contribution in [2.24, 2.45) is 14.1 Å². The molecule has 0 fully saturated rings. The van der Waals surface area contributed by atoms with E-state index >= 15 is 0 Å². The Bertz CT molecular complexity index is 2440. The van der Waals surface area contributed by atoms with Crippen molar-refractivity contribution in [2.45, 2.75) is 64.3 Å². The number of hydrogen-bond acceptors (Lipinski definition) is 3. The van der Waals surface area contributed by atoms with E-state index < -0.39 is 0 Å². The molecule has 0 aliphatic carbocycles. The van der Waals surface area contributed by atoms with Gasteiger partial charge in [0.1, 0.15) is 11.7 Å². The molecule has 2 unspecified atom stereocenters. The van der Waals surface area contributed by atoms with Crippen LogP contribution >= 0.6 is 0 Å². The Morgan fingerprint density at radius 1 is 0.830 bits per heavy atom. The smallest absolute Gasteiger partial charge is 0.210 e. The molecule has 3 N–H and O–H groups in total. The second kappa shape index (κ2) is 15.1. The summed E-state index contributed by atoms with van der Waals surface area (Å²) < 4.78 is 18.3. The Morgan fingerprint density at radius 2 is 1.43 bits per heavy atom. The van der Waals surface area contributed by atoms with E-state index in [1.165, 1.54) is 83.8 Å². The molecule has 0 amide bonds. The molecule has 2 aliphatic rings. The molecular formula is C46H55IN4O2. The number of rotatable bonds is 8. The monoisotopic (exact) mass is 825 g/mol. The lowest BCUT2D eigenvalue weighted by atomic mass is 9.78. The average molecular weight is 826 g/mol. The van der Waals surface area contributed by atoms with Crippen molar-refractivity contribution >= 4 is 55.0 Å². The second-order valence-corrected chi connectivity index (χ2v) is 15.4. The molecule has 53 heavy (non-hydrogen) atoms. The third-order valence-corrected chi connectivity index (χ3v) is 11.9. The van der Waals surface area contributed by atoms with Crippen LogP contribution in [-0.2, 0) is 24.9 Å². The lowest BCUT2D eigenvalue weighted by molar-refractivity contribution is -0.850. The van der Waals surface area contributed by atoms with Crippen LogP contribution in [0.5, 0.6) is 0 Å². The normalized spacial score (nSPS) is 20.0. The van der Waals surface area contributed by atoms with Crippen LogP contribution in [0, 0.1) is 0 Å². The van der Waals surface area contributed by atoms with Gasteiger partial charge in [-0.15, -0.1) is 0 Å². The highest BCUT2D eigenvalue weighted by Crippen LogP contribution is 2.52. The first-order chi connectivity index (χ1) is 26.0. The number of nitrogens with zero attached hydrogens (tertiary/aromatic N) is 3. The fourth-order valence-corrected chi connectivity index (χ4v) is 9.63. The number of benzene rings is 4. The largest absolute Gasteiger partial charge is 1.00 e. The number of aliphatic hydroxyl groups is 2. The van der Waals surface area contributed by atoms with Crippen molar-refractivity contribution in [1.82, 2.24) is 9.13 Å². The highest BCUT2D eigenvalue weighted by molar-refractivity contribution is 6.13.